The number of hydrogen-bond acceptors (Lipinski definition) is 7. The highest BCUT2D eigenvalue weighted by molar-refractivity contribution is 4.53. The van der Waals surface area contributed by atoms with Crippen molar-refractivity contribution in [3.63, 3.8) is 0 Å². The monoisotopic (exact) mass is 210 g/mol. The minimum atomic E-state index is -1.06. The zero-order valence-corrected chi connectivity index (χ0v) is 7.20. The largest absolute Gasteiger partial charge is 0.396 e. The summed E-state index contributed by atoms with van der Waals surface area (Å²) in [7, 11) is 0. The summed E-state index contributed by atoms with van der Waals surface area (Å²) in [6, 6.07) is 0. The first kappa shape index (κ1) is 12.4. The SMILES string of the molecule is O=[N+]([O-])OC[C@@H](CCCO)O[N+](=O)[O-]. The Bertz CT molecular complexity index is 197. The molecule has 0 fully saturated rings. The van der Waals surface area contributed by atoms with E-state index in [2.05, 4.69) is 9.68 Å². The molecule has 0 aliphatic rings. The van der Waals surface area contributed by atoms with Crippen LogP contribution < -0.4 is 0 Å². The first-order valence-electron chi connectivity index (χ1n) is 3.75. The van der Waals surface area contributed by atoms with E-state index in [4.69, 9.17) is 5.11 Å². The highest BCUT2D eigenvalue weighted by Crippen LogP contribution is 2.03. The lowest BCUT2D eigenvalue weighted by Crippen LogP contribution is -2.24. The van der Waals surface area contributed by atoms with Crippen LogP contribution in [0.1, 0.15) is 12.8 Å². The van der Waals surface area contributed by atoms with Gasteiger partial charge >= 0.3 is 0 Å². The van der Waals surface area contributed by atoms with Crippen molar-refractivity contribution in [3.05, 3.63) is 20.2 Å². The smallest absolute Gasteiger partial charge is 0.294 e. The molecule has 1 N–H and O–H groups in total. The van der Waals surface area contributed by atoms with Crippen molar-refractivity contribution in [2.24, 2.45) is 0 Å². The topological polar surface area (TPSA) is 125 Å². The van der Waals surface area contributed by atoms with Crippen LogP contribution in [0, 0.1) is 20.2 Å². The average molecular weight is 210 g/mol. The second-order valence-corrected chi connectivity index (χ2v) is 2.34. The van der Waals surface area contributed by atoms with E-state index in [1.54, 1.807) is 0 Å². The van der Waals surface area contributed by atoms with E-state index < -0.39 is 22.9 Å². The highest BCUT2D eigenvalue weighted by atomic mass is 17.0. The van der Waals surface area contributed by atoms with Gasteiger partial charge in [0.2, 0.25) is 0 Å². The van der Waals surface area contributed by atoms with Crippen LogP contribution >= 0.6 is 0 Å². The van der Waals surface area contributed by atoms with Crippen molar-refractivity contribution in [3.8, 4) is 0 Å². The number of nitrogens with zero attached hydrogens (tertiary/aromatic N) is 2. The quantitative estimate of drug-likeness (QED) is 0.424. The highest BCUT2D eigenvalue weighted by Gasteiger charge is 2.14. The molecule has 0 amide bonds. The van der Waals surface area contributed by atoms with Crippen molar-refractivity contribution in [1.82, 2.24) is 0 Å². The summed E-state index contributed by atoms with van der Waals surface area (Å²) >= 11 is 0. The molecule has 0 rings (SSSR count). The van der Waals surface area contributed by atoms with Gasteiger partial charge in [0.1, 0.15) is 12.7 Å². The second kappa shape index (κ2) is 6.83. The van der Waals surface area contributed by atoms with Gasteiger partial charge in [-0.25, -0.2) is 0 Å². The maximum absolute atomic E-state index is 9.91. The van der Waals surface area contributed by atoms with Gasteiger partial charge in [-0.1, -0.05) is 0 Å². The molecule has 82 valence electrons. The molecular formula is C5H10N2O7. The van der Waals surface area contributed by atoms with Gasteiger partial charge in [0.05, 0.1) is 0 Å². The fourth-order valence-electron chi connectivity index (χ4n) is 0.751. The maximum atomic E-state index is 9.91. The van der Waals surface area contributed by atoms with E-state index in [-0.39, 0.29) is 19.4 Å². The van der Waals surface area contributed by atoms with Crippen molar-refractivity contribution < 1.29 is 25.0 Å². The van der Waals surface area contributed by atoms with Crippen molar-refractivity contribution >= 4 is 0 Å². The van der Waals surface area contributed by atoms with Gasteiger partial charge in [0, 0.05) is 6.61 Å². The molecule has 0 aromatic heterocycles. The molecule has 0 aliphatic heterocycles. The Labute approximate surface area is 78.4 Å². The van der Waals surface area contributed by atoms with E-state index >= 15 is 0 Å². The molecule has 0 aliphatic carbocycles. The molecule has 0 saturated carbocycles. The van der Waals surface area contributed by atoms with Crippen molar-refractivity contribution in [2.45, 2.75) is 18.9 Å². The number of aliphatic hydroxyl groups excluding tert-OH is 1. The first-order valence-corrected chi connectivity index (χ1v) is 3.75. The standard InChI is InChI=1S/C5H10N2O7/c8-3-1-2-5(14-7(11)12)4-13-6(9)10/h5,8H,1-4H2/t5-/m1/s1. The first-order chi connectivity index (χ1) is 6.56. The van der Waals surface area contributed by atoms with E-state index in [9.17, 15) is 20.2 Å². The molecule has 0 spiro atoms. The normalized spacial score (nSPS) is 11.8. The van der Waals surface area contributed by atoms with Crippen LogP contribution in [0.15, 0.2) is 0 Å². The van der Waals surface area contributed by atoms with E-state index in [1.807, 2.05) is 0 Å². The van der Waals surface area contributed by atoms with E-state index in [1.165, 1.54) is 0 Å². The molecule has 0 saturated heterocycles. The lowest BCUT2D eigenvalue weighted by molar-refractivity contribution is -0.790. The molecular weight excluding hydrogens is 200 g/mol. The Balaban J connectivity index is 3.83. The number of aliphatic hydroxyl groups is 1. The summed E-state index contributed by atoms with van der Waals surface area (Å²) in [5.41, 5.74) is 0. The summed E-state index contributed by atoms with van der Waals surface area (Å²) in [4.78, 5) is 27.7. The summed E-state index contributed by atoms with van der Waals surface area (Å²) in [5.74, 6) is 0. The zero-order valence-electron chi connectivity index (χ0n) is 7.20. The van der Waals surface area contributed by atoms with Crippen LogP contribution in [0.25, 0.3) is 0 Å². The summed E-state index contributed by atoms with van der Waals surface area (Å²) < 4.78 is 0. The van der Waals surface area contributed by atoms with Gasteiger partial charge in [-0.15, -0.1) is 20.2 Å². The molecule has 0 bridgehead atoms. The summed E-state index contributed by atoms with van der Waals surface area (Å²) in [6.45, 7) is -0.690. The van der Waals surface area contributed by atoms with E-state index in [0.717, 1.165) is 0 Å². The fourth-order valence-corrected chi connectivity index (χ4v) is 0.751. The molecule has 1 atom stereocenters. The molecule has 9 heteroatoms. The van der Waals surface area contributed by atoms with Gasteiger partial charge in [-0.3, -0.25) is 0 Å². The third-order valence-electron chi connectivity index (χ3n) is 1.29. The zero-order chi connectivity index (χ0) is 11.0. The Kier molecular flexibility index (Phi) is 6.03. The van der Waals surface area contributed by atoms with Gasteiger partial charge in [0.25, 0.3) is 10.2 Å². The van der Waals surface area contributed by atoms with Gasteiger partial charge in [-0.2, -0.15) is 0 Å². The van der Waals surface area contributed by atoms with Crippen LogP contribution in [0.3, 0.4) is 0 Å². The summed E-state index contributed by atoms with van der Waals surface area (Å²) in [6.07, 6.45) is -0.659. The third-order valence-corrected chi connectivity index (χ3v) is 1.29. The Hall–Kier alpha value is -1.64. The second-order valence-electron chi connectivity index (χ2n) is 2.34. The minimum absolute atomic E-state index is 0.116. The third kappa shape index (κ3) is 7.03. The minimum Gasteiger partial charge on any atom is -0.396 e. The lowest BCUT2D eigenvalue weighted by Gasteiger charge is -2.12. The van der Waals surface area contributed by atoms with Gasteiger partial charge < -0.3 is 14.8 Å². The van der Waals surface area contributed by atoms with Crippen LogP contribution in [0.4, 0.5) is 0 Å². The Morgan fingerprint density at radius 1 is 1.29 bits per heavy atom. The van der Waals surface area contributed by atoms with E-state index in [0.29, 0.717) is 0 Å². The molecule has 9 nitrogen and oxygen atoms in total. The predicted molar refractivity (Wildman–Crippen MR) is 41.1 cm³/mol. The van der Waals surface area contributed by atoms with Gasteiger partial charge in [-0.05, 0) is 12.8 Å². The van der Waals surface area contributed by atoms with Crippen LogP contribution in [-0.2, 0) is 9.68 Å². The Morgan fingerprint density at radius 2 is 1.93 bits per heavy atom. The van der Waals surface area contributed by atoms with Crippen molar-refractivity contribution in [1.29, 1.82) is 0 Å². The van der Waals surface area contributed by atoms with Gasteiger partial charge in [0.15, 0.2) is 0 Å². The predicted octanol–water partition coefficient (Wildman–Crippen LogP) is -0.456. The molecule has 0 unspecified atom stereocenters. The van der Waals surface area contributed by atoms with Crippen LogP contribution in [0.2, 0.25) is 0 Å². The Morgan fingerprint density at radius 3 is 2.36 bits per heavy atom. The summed E-state index contributed by atoms with van der Waals surface area (Å²) in [5, 5.41) is 26.0. The van der Waals surface area contributed by atoms with Crippen molar-refractivity contribution in [2.75, 3.05) is 13.2 Å². The molecule has 14 heavy (non-hydrogen) atoms. The molecule has 0 aromatic rings. The number of rotatable bonds is 8. The average Bonchev–Trinajstić information content (AvgIpc) is 2.09. The fraction of sp³-hybridized carbons (Fsp3) is 1.00. The molecule has 0 aromatic carbocycles. The van der Waals surface area contributed by atoms with Crippen LogP contribution in [-0.4, -0.2) is 34.6 Å². The molecule has 0 heterocycles. The molecule has 0 radical (unpaired) electrons. The maximum Gasteiger partial charge on any atom is 0.294 e. The lowest BCUT2D eigenvalue weighted by atomic mass is 10.2. The van der Waals surface area contributed by atoms with Crippen LogP contribution in [0.5, 0.6) is 0 Å². The number of hydrogen-bond donors (Lipinski definition) is 1.